The summed E-state index contributed by atoms with van der Waals surface area (Å²) in [5.74, 6) is 0.893. The molecule has 2 aliphatic rings. The number of nitrogens with one attached hydrogen (secondary N) is 1. The van der Waals surface area contributed by atoms with E-state index in [9.17, 15) is 13.2 Å². The number of para-hydroxylation sites is 1. The summed E-state index contributed by atoms with van der Waals surface area (Å²) in [4.78, 5) is 14.2. The van der Waals surface area contributed by atoms with Crippen molar-refractivity contribution in [1.82, 2.24) is 9.62 Å². The summed E-state index contributed by atoms with van der Waals surface area (Å²) >= 11 is 0. The minimum absolute atomic E-state index is 0.00342. The third-order valence-electron chi connectivity index (χ3n) is 4.84. The molecule has 7 nitrogen and oxygen atoms in total. The number of likely N-dealkylation sites (tertiary alicyclic amines) is 1. The van der Waals surface area contributed by atoms with Crippen LogP contribution in [0, 0.1) is 18.8 Å². The van der Waals surface area contributed by atoms with Crippen molar-refractivity contribution in [2.45, 2.75) is 13.0 Å². The van der Waals surface area contributed by atoms with E-state index in [2.05, 4.69) is 4.72 Å². The molecule has 2 saturated heterocycles. The van der Waals surface area contributed by atoms with Gasteiger partial charge in [0, 0.05) is 31.5 Å². The highest BCUT2D eigenvalue weighted by Crippen LogP contribution is 2.33. The lowest BCUT2D eigenvalue weighted by atomic mass is 9.93. The zero-order valence-corrected chi connectivity index (χ0v) is 15.3. The van der Waals surface area contributed by atoms with E-state index in [4.69, 9.17) is 9.47 Å². The number of hydrogen-bond acceptors (Lipinski definition) is 5. The zero-order chi connectivity index (χ0) is 18.0. The first-order valence-electron chi connectivity index (χ1n) is 8.36. The highest BCUT2D eigenvalue weighted by molar-refractivity contribution is 7.88. The van der Waals surface area contributed by atoms with Crippen LogP contribution in [0.4, 0.5) is 0 Å². The van der Waals surface area contributed by atoms with Gasteiger partial charge in [0.2, 0.25) is 10.0 Å². The van der Waals surface area contributed by atoms with Gasteiger partial charge in [-0.05, 0) is 18.6 Å². The second-order valence-electron chi connectivity index (χ2n) is 6.77. The van der Waals surface area contributed by atoms with Gasteiger partial charge in [-0.3, -0.25) is 4.79 Å². The van der Waals surface area contributed by atoms with E-state index >= 15 is 0 Å². The monoisotopic (exact) mass is 368 g/mol. The number of aryl methyl sites for hydroxylation is 1. The van der Waals surface area contributed by atoms with Crippen molar-refractivity contribution in [2.75, 3.05) is 39.1 Å². The van der Waals surface area contributed by atoms with Gasteiger partial charge in [-0.25, -0.2) is 13.1 Å². The Balaban J connectivity index is 1.52. The molecular weight excluding hydrogens is 344 g/mol. The second kappa shape index (κ2) is 7.31. The molecule has 1 N–H and O–H groups in total. The quantitative estimate of drug-likeness (QED) is 0.786. The number of nitrogens with zero attached hydrogens (tertiary/aromatic N) is 1. The summed E-state index contributed by atoms with van der Waals surface area (Å²) < 4.78 is 36.4. The van der Waals surface area contributed by atoms with E-state index in [0.717, 1.165) is 11.8 Å². The smallest absolute Gasteiger partial charge is 0.260 e. The van der Waals surface area contributed by atoms with Crippen LogP contribution in [0.15, 0.2) is 24.3 Å². The summed E-state index contributed by atoms with van der Waals surface area (Å²) in [5.41, 5.74) is 0.990. The number of amides is 1. The zero-order valence-electron chi connectivity index (χ0n) is 14.5. The van der Waals surface area contributed by atoms with E-state index in [1.165, 1.54) is 0 Å². The number of rotatable bonds is 6. The molecule has 8 heteroatoms. The third-order valence-corrected chi connectivity index (χ3v) is 5.54. The molecule has 2 aliphatic heterocycles. The predicted molar refractivity (Wildman–Crippen MR) is 92.8 cm³/mol. The van der Waals surface area contributed by atoms with Gasteiger partial charge in [0.05, 0.1) is 19.0 Å². The van der Waals surface area contributed by atoms with Crippen LogP contribution in [0.5, 0.6) is 5.75 Å². The van der Waals surface area contributed by atoms with Crippen molar-refractivity contribution >= 4 is 15.9 Å². The highest BCUT2D eigenvalue weighted by Gasteiger charge is 2.45. The van der Waals surface area contributed by atoms with E-state index in [1.54, 1.807) is 4.90 Å². The van der Waals surface area contributed by atoms with Gasteiger partial charge < -0.3 is 14.4 Å². The Hall–Kier alpha value is -1.64. The Morgan fingerprint density at radius 2 is 2.12 bits per heavy atom. The van der Waals surface area contributed by atoms with E-state index in [0.29, 0.717) is 32.0 Å². The van der Waals surface area contributed by atoms with Crippen LogP contribution >= 0.6 is 0 Å². The Morgan fingerprint density at radius 3 is 2.84 bits per heavy atom. The third kappa shape index (κ3) is 4.50. The summed E-state index contributed by atoms with van der Waals surface area (Å²) in [6.07, 6.45) is 1.13. The fourth-order valence-corrected chi connectivity index (χ4v) is 3.94. The summed E-state index contributed by atoms with van der Waals surface area (Å²) in [7, 11) is -3.22. The Kier molecular flexibility index (Phi) is 5.31. The molecule has 25 heavy (non-hydrogen) atoms. The summed E-state index contributed by atoms with van der Waals surface area (Å²) in [6.45, 7) is 3.93. The van der Waals surface area contributed by atoms with Gasteiger partial charge in [0.15, 0.2) is 6.61 Å². The SMILES string of the molecule is Cc1ccccc1OCC(=O)N1C[C@@H]2[C@H](CNS(C)(=O)=O)CO[C@@H]2C1. The minimum Gasteiger partial charge on any atom is -0.484 e. The topological polar surface area (TPSA) is 84.9 Å². The molecule has 3 rings (SSSR count). The molecule has 0 bridgehead atoms. The molecule has 0 unspecified atom stereocenters. The normalized spacial score (nSPS) is 25.8. The Morgan fingerprint density at radius 1 is 1.36 bits per heavy atom. The number of carbonyl (C=O) groups is 1. The van der Waals surface area contributed by atoms with Crippen LogP contribution in [0.2, 0.25) is 0 Å². The molecule has 2 fully saturated rings. The predicted octanol–water partition coefficient (Wildman–Crippen LogP) is 0.396. The average molecular weight is 368 g/mol. The molecule has 0 spiro atoms. The minimum atomic E-state index is -3.22. The number of ether oxygens (including phenoxy) is 2. The highest BCUT2D eigenvalue weighted by atomic mass is 32.2. The van der Waals surface area contributed by atoms with Gasteiger partial charge in [-0.15, -0.1) is 0 Å². The number of benzene rings is 1. The molecule has 0 radical (unpaired) electrons. The first kappa shape index (κ1) is 18.2. The maximum absolute atomic E-state index is 12.4. The second-order valence-corrected chi connectivity index (χ2v) is 8.60. The Bertz CT molecular complexity index is 736. The van der Waals surface area contributed by atoms with Crippen LogP contribution in [0.25, 0.3) is 0 Å². The van der Waals surface area contributed by atoms with E-state index < -0.39 is 10.0 Å². The van der Waals surface area contributed by atoms with Crippen LogP contribution < -0.4 is 9.46 Å². The number of hydrogen-bond donors (Lipinski definition) is 1. The van der Waals surface area contributed by atoms with Crippen LogP contribution in [-0.2, 0) is 19.6 Å². The summed E-state index contributed by atoms with van der Waals surface area (Å²) in [5, 5.41) is 0. The van der Waals surface area contributed by atoms with Crippen molar-refractivity contribution in [2.24, 2.45) is 11.8 Å². The fraction of sp³-hybridized carbons (Fsp3) is 0.588. The molecule has 0 saturated carbocycles. The maximum atomic E-state index is 12.4. The van der Waals surface area contributed by atoms with Gasteiger partial charge in [-0.1, -0.05) is 18.2 Å². The van der Waals surface area contributed by atoms with Crippen molar-refractivity contribution in [1.29, 1.82) is 0 Å². The maximum Gasteiger partial charge on any atom is 0.260 e. The molecule has 0 aliphatic carbocycles. The van der Waals surface area contributed by atoms with Gasteiger partial charge in [0.25, 0.3) is 5.91 Å². The van der Waals surface area contributed by atoms with Gasteiger partial charge in [0.1, 0.15) is 5.75 Å². The molecular formula is C17H24N2O5S. The van der Waals surface area contributed by atoms with Gasteiger partial charge >= 0.3 is 0 Å². The van der Waals surface area contributed by atoms with Crippen LogP contribution in [0.1, 0.15) is 5.56 Å². The number of carbonyl (C=O) groups excluding carboxylic acids is 1. The van der Waals surface area contributed by atoms with Crippen LogP contribution in [-0.4, -0.2) is 64.4 Å². The molecule has 138 valence electrons. The lowest BCUT2D eigenvalue weighted by Gasteiger charge is -2.20. The van der Waals surface area contributed by atoms with Crippen molar-refractivity contribution in [3.8, 4) is 5.75 Å². The summed E-state index contributed by atoms with van der Waals surface area (Å²) in [6, 6.07) is 7.58. The van der Waals surface area contributed by atoms with E-state index in [1.807, 2.05) is 31.2 Å². The van der Waals surface area contributed by atoms with Crippen molar-refractivity contribution < 1.29 is 22.7 Å². The first-order chi connectivity index (χ1) is 11.8. The molecule has 1 aromatic carbocycles. The largest absolute Gasteiger partial charge is 0.484 e. The van der Waals surface area contributed by atoms with Gasteiger partial charge in [-0.2, -0.15) is 0 Å². The van der Waals surface area contributed by atoms with Crippen molar-refractivity contribution in [3.63, 3.8) is 0 Å². The fourth-order valence-electron chi connectivity index (χ4n) is 3.42. The average Bonchev–Trinajstić information content (AvgIpc) is 3.12. The molecule has 1 aromatic rings. The standard InChI is InChI=1S/C17H24N2O5S/c1-12-5-3-4-6-15(12)24-11-17(20)19-8-14-13(7-18-25(2,21)22)10-23-16(14)9-19/h3-6,13-14,16,18H,7-11H2,1-2H3/t13-,14-,16-/m1/s1. The van der Waals surface area contributed by atoms with E-state index in [-0.39, 0.29) is 30.5 Å². The first-order valence-corrected chi connectivity index (χ1v) is 10.2. The number of sulfonamides is 1. The molecule has 2 heterocycles. The Labute approximate surface area is 148 Å². The number of fused-ring (bicyclic) bond motifs is 1. The van der Waals surface area contributed by atoms with Crippen molar-refractivity contribution in [3.05, 3.63) is 29.8 Å². The molecule has 0 aromatic heterocycles. The van der Waals surface area contributed by atoms with Crippen LogP contribution in [0.3, 0.4) is 0 Å². The molecule has 1 amide bonds. The lowest BCUT2D eigenvalue weighted by molar-refractivity contribution is -0.133. The molecule has 3 atom stereocenters. The lowest BCUT2D eigenvalue weighted by Crippen LogP contribution is -2.36.